The van der Waals surface area contributed by atoms with Crippen LogP contribution in [0.3, 0.4) is 0 Å². The summed E-state index contributed by atoms with van der Waals surface area (Å²) in [4.78, 5) is 11.5. The minimum atomic E-state index is -0.907. The van der Waals surface area contributed by atoms with Gasteiger partial charge in [-0.2, -0.15) is 0 Å². The molecular weight excluding hydrogens is 335 g/mol. The van der Waals surface area contributed by atoms with Crippen LogP contribution in [-0.2, 0) is 17.6 Å². The lowest BCUT2D eigenvalue weighted by Crippen LogP contribution is -2.19. The fraction of sp³-hybridized carbons (Fsp3) is 0.235. The van der Waals surface area contributed by atoms with Gasteiger partial charge in [0, 0.05) is 4.47 Å². The molecule has 2 aromatic carbocycles. The number of carboxylic acids is 1. The van der Waals surface area contributed by atoms with Gasteiger partial charge in [-0.15, -0.1) is 0 Å². The van der Waals surface area contributed by atoms with E-state index in [9.17, 15) is 14.3 Å². The highest BCUT2D eigenvalue weighted by molar-refractivity contribution is 9.10. The number of carbonyl (C=O) groups is 1. The molecule has 0 aliphatic heterocycles. The van der Waals surface area contributed by atoms with E-state index in [-0.39, 0.29) is 12.2 Å². The van der Waals surface area contributed by atoms with Crippen molar-refractivity contribution in [2.45, 2.75) is 19.8 Å². The average Bonchev–Trinajstić information content (AvgIpc) is 2.42. The maximum absolute atomic E-state index is 13.8. The van der Waals surface area contributed by atoms with Crippen LogP contribution in [0.4, 0.5) is 4.39 Å². The molecule has 0 aliphatic carbocycles. The summed E-state index contributed by atoms with van der Waals surface area (Å²) in [5.41, 5.74) is 2.47. The monoisotopic (exact) mass is 350 g/mol. The van der Waals surface area contributed by atoms with E-state index in [2.05, 4.69) is 15.9 Å². The summed E-state index contributed by atoms with van der Waals surface area (Å²) in [6.07, 6.45) is 0.567. The average molecular weight is 351 g/mol. The van der Waals surface area contributed by atoms with Crippen molar-refractivity contribution in [2.24, 2.45) is 5.92 Å². The zero-order chi connectivity index (χ0) is 15.4. The van der Waals surface area contributed by atoms with E-state index in [1.807, 2.05) is 31.2 Å². The number of aliphatic carboxylic acids is 1. The van der Waals surface area contributed by atoms with E-state index in [1.54, 1.807) is 12.1 Å². The Balaban J connectivity index is 2.20. The normalized spacial score (nSPS) is 12.1. The van der Waals surface area contributed by atoms with Crippen LogP contribution in [0, 0.1) is 18.7 Å². The van der Waals surface area contributed by atoms with Crippen LogP contribution >= 0.6 is 15.9 Å². The molecule has 0 spiro atoms. The molecule has 1 unspecified atom stereocenters. The number of halogens is 2. The Kier molecular flexibility index (Phi) is 5.12. The predicted octanol–water partition coefficient (Wildman–Crippen LogP) is 4.38. The van der Waals surface area contributed by atoms with E-state index in [0.29, 0.717) is 12.0 Å². The summed E-state index contributed by atoms with van der Waals surface area (Å²) in [6.45, 7) is 1.97. The molecule has 0 heterocycles. The van der Waals surface area contributed by atoms with Crippen LogP contribution < -0.4 is 0 Å². The summed E-state index contributed by atoms with van der Waals surface area (Å²) >= 11 is 3.29. The highest BCUT2D eigenvalue weighted by Gasteiger charge is 2.20. The molecule has 0 fully saturated rings. The third-order valence-electron chi connectivity index (χ3n) is 3.39. The van der Waals surface area contributed by atoms with E-state index in [0.717, 1.165) is 15.6 Å². The van der Waals surface area contributed by atoms with Crippen LogP contribution in [-0.4, -0.2) is 11.1 Å². The first-order chi connectivity index (χ1) is 9.95. The van der Waals surface area contributed by atoms with Crippen LogP contribution in [0.2, 0.25) is 0 Å². The lowest BCUT2D eigenvalue weighted by molar-refractivity contribution is -0.141. The maximum atomic E-state index is 13.8. The van der Waals surface area contributed by atoms with Gasteiger partial charge in [-0.05, 0) is 49.1 Å². The zero-order valence-corrected chi connectivity index (χ0v) is 13.2. The maximum Gasteiger partial charge on any atom is 0.307 e. The van der Waals surface area contributed by atoms with Crippen LogP contribution in [0.25, 0.3) is 0 Å². The molecule has 0 saturated heterocycles. The number of hydrogen-bond acceptors (Lipinski definition) is 1. The summed E-state index contributed by atoms with van der Waals surface area (Å²) < 4.78 is 14.5. The van der Waals surface area contributed by atoms with Gasteiger partial charge in [0.2, 0.25) is 0 Å². The molecule has 0 aliphatic rings. The van der Waals surface area contributed by atoms with Crippen molar-refractivity contribution in [1.29, 1.82) is 0 Å². The van der Waals surface area contributed by atoms with Gasteiger partial charge >= 0.3 is 5.97 Å². The van der Waals surface area contributed by atoms with Gasteiger partial charge in [0.25, 0.3) is 0 Å². The van der Waals surface area contributed by atoms with Gasteiger partial charge in [0.05, 0.1) is 5.92 Å². The van der Waals surface area contributed by atoms with Gasteiger partial charge < -0.3 is 5.11 Å². The fourth-order valence-electron chi connectivity index (χ4n) is 2.34. The molecule has 1 N–H and O–H groups in total. The lowest BCUT2D eigenvalue weighted by atomic mass is 9.92. The van der Waals surface area contributed by atoms with Crippen LogP contribution in [0.1, 0.15) is 16.7 Å². The Labute approximate surface area is 131 Å². The first kappa shape index (κ1) is 15.7. The topological polar surface area (TPSA) is 37.3 Å². The first-order valence-electron chi connectivity index (χ1n) is 6.68. The highest BCUT2D eigenvalue weighted by atomic mass is 79.9. The number of benzene rings is 2. The second-order valence-electron chi connectivity index (χ2n) is 5.17. The van der Waals surface area contributed by atoms with Crippen molar-refractivity contribution in [3.05, 3.63) is 69.4 Å². The minimum absolute atomic E-state index is 0.175. The molecule has 21 heavy (non-hydrogen) atoms. The van der Waals surface area contributed by atoms with Crippen molar-refractivity contribution in [1.82, 2.24) is 0 Å². The molecule has 0 radical (unpaired) electrons. The van der Waals surface area contributed by atoms with Crippen LogP contribution in [0.15, 0.2) is 46.9 Å². The molecule has 2 nitrogen and oxygen atoms in total. The molecule has 110 valence electrons. The molecule has 0 bridgehead atoms. The van der Waals surface area contributed by atoms with Gasteiger partial charge in [-0.3, -0.25) is 4.79 Å². The van der Waals surface area contributed by atoms with Crippen molar-refractivity contribution < 1.29 is 14.3 Å². The van der Waals surface area contributed by atoms with Crippen molar-refractivity contribution in [2.75, 3.05) is 0 Å². The Bertz CT molecular complexity index is 655. The van der Waals surface area contributed by atoms with E-state index < -0.39 is 11.9 Å². The first-order valence-corrected chi connectivity index (χ1v) is 7.47. The number of rotatable bonds is 5. The van der Waals surface area contributed by atoms with E-state index >= 15 is 0 Å². The van der Waals surface area contributed by atoms with E-state index in [1.165, 1.54) is 6.07 Å². The zero-order valence-electron chi connectivity index (χ0n) is 11.6. The molecule has 4 heteroatoms. The number of hydrogen-bond donors (Lipinski definition) is 1. The Morgan fingerprint density at radius 1 is 1.24 bits per heavy atom. The van der Waals surface area contributed by atoms with Crippen molar-refractivity contribution in [3.63, 3.8) is 0 Å². The highest BCUT2D eigenvalue weighted by Crippen LogP contribution is 2.21. The van der Waals surface area contributed by atoms with Crippen molar-refractivity contribution >= 4 is 21.9 Å². The fourth-order valence-corrected chi connectivity index (χ4v) is 2.74. The largest absolute Gasteiger partial charge is 0.481 e. The Morgan fingerprint density at radius 3 is 2.67 bits per heavy atom. The summed E-state index contributed by atoms with van der Waals surface area (Å²) in [7, 11) is 0. The van der Waals surface area contributed by atoms with Gasteiger partial charge in [-0.1, -0.05) is 45.8 Å². The summed E-state index contributed by atoms with van der Waals surface area (Å²) in [5.74, 6) is -1.92. The molecule has 2 aromatic rings. The Hall–Kier alpha value is -1.68. The van der Waals surface area contributed by atoms with Gasteiger partial charge in [0.1, 0.15) is 5.82 Å². The third-order valence-corrected chi connectivity index (χ3v) is 3.88. The molecule has 0 saturated carbocycles. The summed E-state index contributed by atoms with van der Waals surface area (Å²) in [5, 5.41) is 9.39. The standard InChI is InChI=1S/C17H16BrFO2/c1-11-3-2-4-12(7-11)8-14(17(20)21)9-13-10-15(18)5-6-16(13)19/h2-7,10,14H,8-9H2,1H3,(H,20,21). The van der Waals surface area contributed by atoms with Gasteiger partial charge in [-0.25, -0.2) is 4.39 Å². The second kappa shape index (κ2) is 6.85. The second-order valence-corrected chi connectivity index (χ2v) is 6.08. The van der Waals surface area contributed by atoms with Crippen molar-refractivity contribution in [3.8, 4) is 0 Å². The SMILES string of the molecule is Cc1cccc(CC(Cc2cc(Br)ccc2F)C(=O)O)c1. The Morgan fingerprint density at radius 2 is 2.00 bits per heavy atom. The number of carboxylic acid groups (broad SMARTS) is 1. The molecule has 0 amide bonds. The molecule has 1 atom stereocenters. The predicted molar refractivity (Wildman–Crippen MR) is 83.8 cm³/mol. The third kappa shape index (κ3) is 4.39. The molecule has 2 rings (SSSR count). The number of aryl methyl sites for hydroxylation is 1. The van der Waals surface area contributed by atoms with Crippen LogP contribution in [0.5, 0.6) is 0 Å². The smallest absolute Gasteiger partial charge is 0.307 e. The lowest BCUT2D eigenvalue weighted by Gasteiger charge is -2.14. The van der Waals surface area contributed by atoms with E-state index in [4.69, 9.17) is 0 Å². The van der Waals surface area contributed by atoms with Gasteiger partial charge in [0.15, 0.2) is 0 Å². The quantitative estimate of drug-likeness (QED) is 0.868. The molecule has 0 aromatic heterocycles. The summed E-state index contributed by atoms with van der Waals surface area (Å²) in [6, 6.07) is 12.3. The minimum Gasteiger partial charge on any atom is -0.481 e. The molecular formula is C17H16BrFO2.